The first-order valence-electron chi connectivity index (χ1n) is 8.28. The third-order valence-electron chi connectivity index (χ3n) is 3.66. The lowest BCUT2D eigenvalue weighted by molar-refractivity contribution is 0.0914. The highest BCUT2D eigenvalue weighted by Crippen LogP contribution is 2.04. The Morgan fingerprint density at radius 2 is 1.75 bits per heavy atom. The van der Waals surface area contributed by atoms with E-state index in [-0.39, 0.29) is 11.8 Å². The lowest BCUT2D eigenvalue weighted by Gasteiger charge is -2.35. The average Bonchev–Trinajstić information content (AvgIpc) is 2.58. The van der Waals surface area contributed by atoms with E-state index in [2.05, 4.69) is 19.9 Å². The summed E-state index contributed by atoms with van der Waals surface area (Å²) in [5.41, 5.74) is 0. The quantitative estimate of drug-likeness (QED) is 0.365. The van der Waals surface area contributed by atoms with Crippen molar-refractivity contribution in [3.8, 4) is 0 Å². The first-order chi connectivity index (χ1) is 11.4. The number of nitrogens with zero attached hydrogens (tertiary/aromatic N) is 3. The third kappa shape index (κ3) is 6.91. The Kier molecular flexibility index (Phi) is 8.83. The largest absolute Gasteiger partial charge is 0.450 e. The monoisotopic (exact) mass is 363 g/mol. The Morgan fingerprint density at radius 1 is 1.12 bits per heavy atom. The SMILES string of the molecule is CCOC(=O)N1CCN(C(=NC)NCCCNS(=O)(=O)CC)CC1. The van der Waals surface area contributed by atoms with Crippen molar-refractivity contribution in [3.63, 3.8) is 0 Å². The van der Waals surface area contributed by atoms with Crippen LogP contribution in [0.2, 0.25) is 0 Å². The number of rotatable bonds is 7. The molecule has 0 aromatic carbocycles. The second kappa shape index (κ2) is 10.3. The highest BCUT2D eigenvalue weighted by Gasteiger charge is 2.23. The predicted molar refractivity (Wildman–Crippen MR) is 93.6 cm³/mol. The smallest absolute Gasteiger partial charge is 0.409 e. The molecule has 0 radical (unpaired) electrons. The fraction of sp³-hybridized carbons (Fsp3) is 0.857. The van der Waals surface area contributed by atoms with Crippen LogP contribution in [0, 0.1) is 0 Å². The maximum absolute atomic E-state index is 11.7. The lowest BCUT2D eigenvalue weighted by Crippen LogP contribution is -2.54. The van der Waals surface area contributed by atoms with Crippen LogP contribution in [0.25, 0.3) is 0 Å². The first kappa shape index (κ1) is 20.5. The standard InChI is InChI=1S/C14H29N5O4S/c1-4-23-14(20)19-11-9-18(10-12-19)13(15-3)16-7-6-8-17-24(21,22)5-2/h17H,4-12H2,1-3H3,(H,15,16). The molecule has 1 saturated heterocycles. The number of sulfonamides is 1. The fourth-order valence-electron chi connectivity index (χ4n) is 2.27. The van der Waals surface area contributed by atoms with E-state index in [1.54, 1.807) is 25.8 Å². The average molecular weight is 363 g/mol. The van der Waals surface area contributed by atoms with Crippen molar-refractivity contribution in [2.75, 3.05) is 58.7 Å². The van der Waals surface area contributed by atoms with Crippen LogP contribution in [0.4, 0.5) is 4.79 Å². The molecular formula is C14H29N5O4S. The topological polar surface area (TPSA) is 103 Å². The second-order valence-electron chi connectivity index (χ2n) is 5.30. The van der Waals surface area contributed by atoms with Gasteiger partial charge in [0.25, 0.3) is 0 Å². The molecule has 0 aliphatic carbocycles. The van der Waals surface area contributed by atoms with Crippen LogP contribution < -0.4 is 10.0 Å². The molecule has 1 aliphatic heterocycles. The van der Waals surface area contributed by atoms with Crippen molar-refractivity contribution < 1.29 is 17.9 Å². The molecule has 24 heavy (non-hydrogen) atoms. The van der Waals surface area contributed by atoms with Gasteiger partial charge in [-0.1, -0.05) is 0 Å². The minimum absolute atomic E-state index is 0.0901. The molecule has 0 spiro atoms. The molecule has 0 saturated carbocycles. The van der Waals surface area contributed by atoms with Gasteiger partial charge in [0.2, 0.25) is 10.0 Å². The summed E-state index contributed by atoms with van der Waals surface area (Å²) in [5, 5.41) is 3.22. The Balaban J connectivity index is 2.30. The fourth-order valence-corrected chi connectivity index (χ4v) is 2.93. The molecule has 10 heteroatoms. The molecule has 0 bridgehead atoms. The van der Waals surface area contributed by atoms with Gasteiger partial charge in [-0.05, 0) is 20.3 Å². The van der Waals surface area contributed by atoms with Crippen LogP contribution in [-0.2, 0) is 14.8 Å². The Bertz CT molecular complexity index is 515. The van der Waals surface area contributed by atoms with E-state index in [0.29, 0.717) is 52.3 Å². The number of piperazine rings is 1. The van der Waals surface area contributed by atoms with Gasteiger partial charge in [0.05, 0.1) is 12.4 Å². The maximum Gasteiger partial charge on any atom is 0.409 e. The molecule has 0 aromatic heterocycles. The number of hydrogen-bond donors (Lipinski definition) is 2. The number of hydrogen-bond acceptors (Lipinski definition) is 5. The number of aliphatic imine (C=N–C) groups is 1. The van der Waals surface area contributed by atoms with Gasteiger partial charge in [0, 0.05) is 46.3 Å². The van der Waals surface area contributed by atoms with E-state index in [1.165, 1.54) is 0 Å². The normalized spacial score (nSPS) is 16.2. The molecule has 1 fully saturated rings. The van der Waals surface area contributed by atoms with Crippen molar-refractivity contribution >= 4 is 22.1 Å². The van der Waals surface area contributed by atoms with Gasteiger partial charge in [0.15, 0.2) is 5.96 Å². The first-order valence-corrected chi connectivity index (χ1v) is 9.93. The summed E-state index contributed by atoms with van der Waals surface area (Å²) >= 11 is 0. The number of guanidine groups is 1. The summed E-state index contributed by atoms with van der Waals surface area (Å²) in [6.07, 6.45) is 0.393. The Morgan fingerprint density at radius 3 is 2.29 bits per heavy atom. The van der Waals surface area contributed by atoms with Gasteiger partial charge in [-0.15, -0.1) is 0 Å². The van der Waals surface area contributed by atoms with E-state index in [9.17, 15) is 13.2 Å². The summed E-state index contributed by atoms with van der Waals surface area (Å²) < 4.78 is 30.2. The third-order valence-corrected chi connectivity index (χ3v) is 5.06. The number of carbonyl (C=O) groups is 1. The van der Waals surface area contributed by atoms with Gasteiger partial charge in [-0.2, -0.15) is 0 Å². The lowest BCUT2D eigenvalue weighted by atomic mass is 10.3. The van der Waals surface area contributed by atoms with E-state index in [1.807, 2.05) is 0 Å². The van der Waals surface area contributed by atoms with Crippen molar-refractivity contribution in [1.82, 2.24) is 19.8 Å². The van der Waals surface area contributed by atoms with Crippen LogP contribution in [0.3, 0.4) is 0 Å². The van der Waals surface area contributed by atoms with Gasteiger partial charge in [-0.25, -0.2) is 17.9 Å². The zero-order valence-electron chi connectivity index (χ0n) is 14.7. The second-order valence-corrected chi connectivity index (χ2v) is 7.39. The molecule has 0 atom stereocenters. The van der Waals surface area contributed by atoms with Gasteiger partial charge in [-0.3, -0.25) is 4.99 Å². The number of carbonyl (C=O) groups excluding carboxylic acids is 1. The van der Waals surface area contributed by atoms with Crippen LogP contribution in [0.5, 0.6) is 0 Å². The van der Waals surface area contributed by atoms with E-state index < -0.39 is 10.0 Å². The van der Waals surface area contributed by atoms with Crippen LogP contribution in [0.1, 0.15) is 20.3 Å². The summed E-state index contributed by atoms with van der Waals surface area (Å²) in [5.74, 6) is 0.851. The summed E-state index contributed by atoms with van der Waals surface area (Å²) in [6, 6.07) is 0. The minimum atomic E-state index is -3.13. The summed E-state index contributed by atoms with van der Waals surface area (Å²) in [6.45, 7) is 7.35. The molecule has 1 amide bonds. The highest BCUT2D eigenvalue weighted by atomic mass is 32.2. The zero-order chi connectivity index (χ0) is 18.0. The summed E-state index contributed by atoms with van der Waals surface area (Å²) in [7, 11) is -1.42. The molecule has 0 aromatic rings. The van der Waals surface area contributed by atoms with Crippen LogP contribution in [0.15, 0.2) is 4.99 Å². The van der Waals surface area contributed by atoms with Crippen molar-refractivity contribution in [2.45, 2.75) is 20.3 Å². The number of amides is 1. The van der Waals surface area contributed by atoms with E-state index >= 15 is 0 Å². The molecule has 1 rings (SSSR count). The molecular weight excluding hydrogens is 334 g/mol. The summed E-state index contributed by atoms with van der Waals surface area (Å²) in [4.78, 5) is 19.7. The minimum Gasteiger partial charge on any atom is -0.450 e. The van der Waals surface area contributed by atoms with Crippen molar-refractivity contribution in [1.29, 1.82) is 0 Å². The van der Waals surface area contributed by atoms with Crippen LogP contribution >= 0.6 is 0 Å². The molecule has 140 valence electrons. The van der Waals surface area contributed by atoms with Gasteiger partial charge < -0.3 is 19.9 Å². The van der Waals surface area contributed by atoms with Gasteiger partial charge in [0.1, 0.15) is 0 Å². The molecule has 0 unspecified atom stereocenters. The Hall–Kier alpha value is -1.55. The maximum atomic E-state index is 11.7. The number of ether oxygens (including phenoxy) is 1. The number of nitrogens with one attached hydrogen (secondary N) is 2. The van der Waals surface area contributed by atoms with Crippen LogP contribution in [-0.4, -0.2) is 88.9 Å². The molecule has 1 aliphatic rings. The predicted octanol–water partition coefficient (Wildman–Crippen LogP) is -0.335. The molecule has 1 heterocycles. The van der Waals surface area contributed by atoms with Gasteiger partial charge >= 0.3 is 6.09 Å². The van der Waals surface area contributed by atoms with Crippen molar-refractivity contribution in [2.24, 2.45) is 4.99 Å². The molecule has 9 nitrogen and oxygen atoms in total. The van der Waals surface area contributed by atoms with E-state index in [4.69, 9.17) is 4.74 Å². The zero-order valence-corrected chi connectivity index (χ0v) is 15.6. The highest BCUT2D eigenvalue weighted by molar-refractivity contribution is 7.89. The Labute approximate surface area is 144 Å². The van der Waals surface area contributed by atoms with Crippen molar-refractivity contribution in [3.05, 3.63) is 0 Å². The van der Waals surface area contributed by atoms with E-state index in [0.717, 1.165) is 5.96 Å². The molecule has 2 N–H and O–H groups in total.